The predicted molar refractivity (Wildman–Crippen MR) is 91.0 cm³/mol. The lowest BCUT2D eigenvalue weighted by Gasteiger charge is -2.46. The Morgan fingerprint density at radius 1 is 1.09 bits per heavy atom. The van der Waals surface area contributed by atoms with E-state index in [-0.39, 0.29) is 6.54 Å². The Bertz CT molecular complexity index is 347. The van der Waals surface area contributed by atoms with Gasteiger partial charge in [0, 0.05) is 12.1 Å². The second-order valence-corrected chi connectivity index (χ2v) is 8.10. The third-order valence-electron chi connectivity index (χ3n) is 6.02. The fourth-order valence-electron chi connectivity index (χ4n) is 4.80. The molecule has 2 fully saturated rings. The number of carbonyl (C=O) groups is 1. The highest BCUT2D eigenvalue weighted by molar-refractivity contribution is 5.69. The molecular weight excluding hydrogens is 274 g/mol. The summed E-state index contributed by atoms with van der Waals surface area (Å²) in [5.74, 6) is 1.41. The molecule has 0 aromatic heterocycles. The van der Waals surface area contributed by atoms with Crippen LogP contribution in [0.15, 0.2) is 0 Å². The van der Waals surface area contributed by atoms with Gasteiger partial charge >= 0.3 is 5.97 Å². The largest absolute Gasteiger partial charge is 0.480 e. The summed E-state index contributed by atoms with van der Waals surface area (Å²) in [6.07, 6.45) is 11.4. The van der Waals surface area contributed by atoms with Crippen molar-refractivity contribution in [3.05, 3.63) is 0 Å². The van der Waals surface area contributed by atoms with Crippen LogP contribution in [0.4, 0.5) is 0 Å². The van der Waals surface area contributed by atoms with E-state index >= 15 is 0 Å². The van der Waals surface area contributed by atoms with Crippen LogP contribution in [0.25, 0.3) is 0 Å². The van der Waals surface area contributed by atoms with Crippen LogP contribution in [0.1, 0.15) is 78.6 Å². The Kier molecular flexibility index (Phi) is 6.73. The second kappa shape index (κ2) is 8.33. The first-order chi connectivity index (χ1) is 10.5. The summed E-state index contributed by atoms with van der Waals surface area (Å²) in [5, 5.41) is 9.46. The van der Waals surface area contributed by atoms with E-state index in [0.29, 0.717) is 23.9 Å². The van der Waals surface area contributed by atoms with Gasteiger partial charge in [0.2, 0.25) is 0 Å². The Morgan fingerprint density at radius 2 is 1.73 bits per heavy atom. The minimum Gasteiger partial charge on any atom is -0.480 e. The number of nitrogens with zero attached hydrogens (tertiary/aromatic N) is 1. The molecule has 0 aromatic carbocycles. The lowest BCUT2D eigenvalue weighted by Crippen LogP contribution is -2.52. The van der Waals surface area contributed by atoms with Crippen LogP contribution >= 0.6 is 0 Å². The van der Waals surface area contributed by atoms with Crippen LogP contribution in [0.5, 0.6) is 0 Å². The van der Waals surface area contributed by atoms with Crippen molar-refractivity contribution >= 4 is 5.97 Å². The van der Waals surface area contributed by atoms with Gasteiger partial charge in [0.25, 0.3) is 0 Å². The van der Waals surface area contributed by atoms with E-state index in [4.69, 9.17) is 0 Å². The average Bonchev–Trinajstić information content (AvgIpc) is 2.73. The van der Waals surface area contributed by atoms with Gasteiger partial charge in [-0.25, -0.2) is 0 Å². The van der Waals surface area contributed by atoms with Crippen molar-refractivity contribution in [1.29, 1.82) is 0 Å². The van der Waals surface area contributed by atoms with E-state index in [2.05, 4.69) is 25.7 Å². The molecule has 0 aliphatic heterocycles. The zero-order chi connectivity index (χ0) is 16.1. The highest BCUT2D eigenvalue weighted by atomic mass is 16.4. The van der Waals surface area contributed by atoms with Crippen LogP contribution < -0.4 is 0 Å². The zero-order valence-electron chi connectivity index (χ0n) is 14.8. The fourth-order valence-corrected chi connectivity index (χ4v) is 4.80. The number of rotatable bonds is 5. The summed E-state index contributed by atoms with van der Waals surface area (Å²) in [7, 11) is 0. The van der Waals surface area contributed by atoms with Gasteiger partial charge in [-0.1, -0.05) is 52.9 Å². The van der Waals surface area contributed by atoms with Crippen molar-refractivity contribution in [3.63, 3.8) is 0 Å². The molecule has 128 valence electrons. The SMILES string of the molecule is CC1CCC(C(C)C)C(N(CC(=O)O)C2CCCCCC2)C1. The molecule has 3 heteroatoms. The van der Waals surface area contributed by atoms with Crippen LogP contribution in [0.3, 0.4) is 0 Å². The highest BCUT2D eigenvalue weighted by Crippen LogP contribution is 2.38. The van der Waals surface area contributed by atoms with Crippen molar-refractivity contribution < 1.29 is 9.90 Å². The molecule has 0 radical (unpaired) electrons. The molecule has 0 amide bonds. The van der Waals surface area contributed by atoms with Gasteiger partial charge in [0.05, 0.1) is 6.54 Å². The van der Waals surface area contributed by atoms with Gasteiger partial charge in [-0.05, 0) is 43.4 Å². The molecule has 0 heterocycles. The van der Waals surface area contributed by atoms with Gasteiger partial charge in [0.1, 0.15) is 0 Å². The summed E-state index contributed by atoms with van der Waals surface area (Å²) in [6.45, 7) is 7.22. The van der Waals surface area contributed by atoms with E-state index in [9.17, 15) is 9.90 Å². The van der Waals surface area contributed by atoms with Gasteiger partial charge in [-0.15, -0.1) is 0 Å². The Hall–Kier alpha value is -0.570. The first-order valence-electron chi connectivity index (χ1n) is 9.46. The van der Waals surface area contributed by atoms with E-state index in [1.165, 1.54) is 57.8 Å². The Morgan fingerprint density at radius 3 is 2.27 bits per heavy atom. The van der Waals surface area contributed by atoms with Crippen molar-refractivity contribution in [2.45, 2.75) is 90.6 Å². The minimum atomic E-state index is -0.648. The normalized spacial score (nSPS) is 31.4. The molecule has 3 unspecified atom stereocenters. The number of hydrogen-bond donors (Lipinski definition) is 1. The predicted octanol–water partition coefficient (Wildman–Crippen LogP) is 4.56. The number of carboxylic acids is 1. The quantitative estimate of drug-likeness (QED) is 0.757. The highest BCUT2D eigenvalue weighted by Gasteiger charge is 2.38. The topological polar surface area (TPSA) is 40.5 Å². The molecule has 0 bridgehead atoms. The maximum absolute atomic E-state index is 11.5. The molecule has 1 N–H and O–H groups in total. The molecule has 2 aliphatic rings. The van der Waals surface area contributed by atoms with Crippen LogP contribution in [0.2, 0.25) is 0 Å². The Balaban J connectivity index is 2.18. The molecule has 0 saturated heterocycles. The van der Waals surface area contributed by atoms with Crippen LogP contribution in [-0.2, 0) is 4.79 Å². The Labute approximate surface area is 136 Å². The molecule has 2 aliphatic carbocycles. The van der Waals surface area contributed by atoms with Gasteiger partial charge in [-0.3, -0.25) is 9.69 Å². The third kappa shape index (κ3) is 4.71. The standard InChI is InChI=1S/C19H35NO2/c1-14(2)17-11-10-15(3)12-18(17)20(13-19(21)22)16-8-6-4-5-7-9-16/h14-18H,4-13H2,1-3H3,(H,21,22). The molecule has 0 aromatic rings. The molecule has 3 nitrogen and oxygen atoms in total. The first kappa shape index (κ1) is 17.8. The van der Waals surface area contributed by atoms with Crippen LogP contribution in [-0.4, -0.2) is 34.6 Å². The maximum Gasteiger partial charge on any atom is 0.317 e. The number of carboxylic acid groups (broad SMARTS) is 1. The van der Waals surface area contributed by atoms with Gasteiger partial charge in [0.15, 0.2) is 0 Å². The molecule has 2 rings (SSSR count). The van der Waals surface area contributed by atoms with Crippen molar-refractivity contribution in [3.8, 4) is 0 Å². The second-order valence-electron chi connectivity index (χ2n) is 8.10. The average molecular weight is 309 g/mol. The summed E-state index contributed by atoms with van der Waals surface area (Å²) in [6, 6.07) is 0.970. The summed E-state index contributed by atoms with van der Waals surface area (Å²) >= 11 is 0. The van der Waals surface area contributed by atoms with Crippen molar-refractivity contribution in [2.75, 3.05) is 6.54 Å². The molecule has 2 saturated carbocycles. The van der Waals surface area contributed by atoms with E-state index in [1.54, 1.807) is 0 Å². The van der Waals surface area contributed by atoms with Crippen LogP contribution in [0, 0.1) is 17.8 Å². The zero-order valence-corrected chi connectivity index (χ0v) is 14.8. The first-order valence-corrected chi connectivity index (χ1v) is 9.46. The lowest BCUT2D eigenvalue weighted by molar-refractivity contribution is -0.141. The summed E-state index contributed by atoms with van der Waals surface area (Å²) in [5.41, 5.74) is 0. The summed E-state index contributed by atoms with van der Waals surface area (Å²) < 4.78 is 0. The third-order valence-corrected chi connectivity index (χ3v) is 6.02. The number of hydrogen-bond acceptors (Lipinski definition) is 2. The van der Waals surface area contributed by atoms with Crippen molar-refractivity contribution in [2.24, 2.45) is 17.8 Å². The van der Waals surface area contributed by atoms with Gasteiger partial charge < -0.3 is 5.11 Å². The molecule has 22 heavy (non-hydrogen) atoms. The fraction of sp³-hybridized carbons (Fsp3) is 0.947. The summed E-state index contributed by atoms with van der Waals surface area (Å²) in [4.78, 5) is 13.9. The maximum atomic E-state index is 11.5. The number of aliphatic carboxylic acids is 1. The van der Waals surface area contributed by atoms with Crippen molar-refractivity contribution in [1.82, 2.24) is 4.90 Å². The molecular formula is C19H35NO2. The molecule has 0 spiro atoms. The monoisotopic (exact) mass is 309 g/mol. The smallest absolute Gasteiger partial charge is 0.317 e. The minimum absolute atomic E-state index is 0.241. The van der Waals surface area contributed by atoms with E-state index < -0.39 is 5.97 Å². The van der Waals surface area contributed by atoms with E-state index in [1.807, 2.05) is 0 Å². The van der Waals surface area contributed by atoms with Gasteiger partial charge in [-0.2, -0.15) is 0 Å². The molecule has 3 atom stereocenters. The lowest BCUT2D eigenvalue weighted by atomic mass is 9.72. The van der Waals surface area contributed by atoms with E-state index in [0.717, 1.165) is 5.92 Å².